The first-order valence-electron chi connectivity index (χ1n) is 36.8. The van der Waals surface area contributed by atoms with Crippen molar-refractivity contribution in [2.75, 3.05) is 39.6 Å². The molecule has 8 rings (SSSR count). The Bertz CT molecular complexity index is 3640. The zero-order valence-electron chi connectivity index (χ0n) is 61.7. The summed E-state index contributed by atoms with van der Waals surface area (Å²) in [6.07, 6.45) is 6.84. The molecule has 2 bridgehead atoms. The van der Waals surface area contributed by atoms with Crippen molar-refractivity contribution in [1.29, 1.82) is 0 Å². The highest BCUT2D eigenvalue weighted by Crippen LogP contribution is 2.67. The predicted octanol–water partition coefficient (Wildman–Crippen LogP) is 13.5. The number of carbonyl (C=O) groups is 8. The highest BCUT2D eigenvalue weighted by Gasteiger charge is 2.77. The summed E-state index contributed by atoms with van der Waals surface area (Å²) in [7, 11) is 1.25. The molecule has 4 aromatic rings. The number of phosphoric ester groups is 1. The van der Waals surface area contributed by atoms with Gasteiger partial charge in [0.05, 0.1) is 50.2 Å². The molecule has 4 aliphatic carbocycles. The Hall–Kier alpha value is -7.43. The number of anilines is 1. The Labute approximate surface area is 606 Å². The smallest absolute Gasteiger partial charge is 0.458 e. The number of benzene rings is 4. The lowest BCUT2D eigenvalue weighted by molar-refractivity contribution is -0.870. The van der Waals surface area contributed by atoms with Gasteiger partial charge in [-0.2, -0.15) is 0 Å². The number of carbonyl (C=O) groups excluding carboxylic acids is 8. The molecule has 103 heavy (non-hydrogen) atoms. The van der Waals surface area contributed by atoms with E-state index in [1.807, 2.05) is 21.1 Å². The molecular formula is C80H109N3O19P+. The first kappa shape index (κ1) is 81.2. The summed E-state index contributed by atoms with van der Waals surface area (Å²) in [5, 5.41) is 32.2. The van der Waals surface area contributed by atoms with Crippen molar-refractivity contribution in [3.8, 4) is 0 Å². The van der Waals surface area contributed by atoms with Gasteiger partial charge in [-0.25, -0.2) is 14.2 Å². The van der Waals surface area contributed by atoms with Crippen LogP contribution in [0.2, 0.25) is 0 Å². The topological polar surface area (TPSA) is 303 Å². The van der Waals surface area contributed by atoms with Crippen molar-refractivity contribution in [1.82, 2.24) is 5.32 Å². The summed E-state index contributed by atoms with van der Waals surface area (Å²) in [5.74, 6) is -9.89. The van der Waals surface area contributed by atoms with E-state index in [2.05, 4.69) is 17.6 Å². The number of aliphatic hydroxyl groups is 2. The molecule has 3 saturated carbocycles. The highest BCUT2D eigenvalue weighted by atomic mass is 31.2. The number of esters is 5. The summed E-state index contributed by atoms with van der Waals surface area (Å²) >= 11 is 0. The third-order valence-electron chi connectivity index (χ3n) is 21.5. The lowest BCUT2D eigenvalue weighted by atomic mass is 9.41. The normalized spacial score (nSPS) is 24.9. The largest absolute Gasteiger partial charge is 0.472 e. The maximum Gasteiger partial charge on any atom is 0.472 e. The van der Waals surface area contributed by atoms with Crippen LogP contribution in [0.4, 0.5) is 5.69 Å². The molecule has 13 atom stereocenters. The molecule has 0 aliphatic heterocycles. The molecule has 22 nitrogen and oxygen atoms in total. The number of hydrogen-bond acceptors (Lipinski definition) is 18. The van der Waals surface area contributed by atoms with Crippen LogP contribution in [0.5, 0.6) is 0 Å². The summed E-state index contributed by atoms with van der Waals surface area (Å²) in [6, 6.07) is 28.7. The second-order valence-electron chi connectivity index (χ2n) is 30.3. The van der Waals surface area contributed by atoms with E-state index in [1.54, 1.807) is 105 Å². The van der Waals surface area contributed by atoms with Gasteiger partial charge in [-0.1, -0.05) is 196 Å². The summed E-state index contributed by atoms with van der Waals surface area (Å²) in [4.78, 5) is 127. The molecule has 562 valence electrons. The van der Waals surface area contributed by atoms with Gasteiger partial charge in [0.15, 0.2) is 11.9 Å². The third-order valence-corrected chi connectivity index (χ3v) is 22.6. The second-order valence-corrected chi connectivity index (χ2v) is 31.7. The monoisotopic (exact) mass is 1450 g/mol. The number of ether oxygens (including phenoxy) is 5. The molecule has 5 N–H and O–H groups in total. The van der Waals surface area contributed by atoms with Gasteiger partial charge in [0.2, 0.25) is 12.0 Å². The van der Waals surface area contributed by atoms with Gasteiger partial charge in [-0.3, -0.25) is 37.8 Å². The fourth-order valence-corrected chi connectivity index (χ4v) is 16.7. The van der Waals surface area contributed by atoms with Gasteiger partial charge in [-0.15, -0.1) is 0 Å². The number of phosphoric acid groups is 1. The number of fused-ring (bicyclic) bond motifs is 5. The quantitative estimate of drug-likeness (QED) is 0.00533. The lowest BCUT2D eigenvalue weighted by Gasteiger charge is -2.68. The van der Waals surface area contributed by atoms with E-state index in [0.29, 0.717) is 35.9 Å². The number of ketones is 1. The second kappa shape index (κ2) is 36.0. The minimum absolute atomic E-state index is 0.0253. The molecule has 2 amide bonds. The number of quaternary nitrogens is 1. The minimum Gasteiger partial charge on any atom is -0.458 e. The number of unbranched alkanes of at least 4 members (excludes halogenated alkanes) is 14. The Morgan fingerprint density at radius 2 is 1.25 bits per heavy atom. The van der Waals surface area contributed by atoms with Crippen molar-refractivity contribution in [3.05, 3.63) is 149 Å². The molecule has 0 saturated heterocycles. The van der Waals surface area contributed by atoms with Gasteiger partial charge in [0, 0.05) is 42.9 Å². The van der Waals surface area contributed by atoms with Crippen LogP contribution in [0.25, 0.3) is 0 Å². The van der Waals surface area contributed by atoms with Gasteiger partial charge in [-0.05, 0) is 98.2 Å². The molecule has 0 spiro atoms. The number of aliphatic hydroxyl groups excluding tert-OH is 1. The van der Waals surface area contributed by atoms with Crippen LogP contribution in [0.3, 0.4) is 0 Å². The van der Waals surface area contributed by atoms with Crippen molar-refractivity contribution in [2.24, 2.45) is 22.7 Å². The number of likely N-dealkylation sites (N-methyl/N-ethyl adjacent to an activating group) is 1. The van der Waals surface area contributed by atoms with E-state index < -0.39 is 145 Å². The van der Waals surface area contributed by atoms with E-state index in [-0.39, 0.29) is 53.0 Å². The maximum absolute atomic E-state index is 16.0. The van der Waals surface area contributed by atoms with Crippen LogP contribution in [0.1, 0.15) is 227 Å². The molecule has 0 heterocycles. The van der Waals surface area contributed by atoms with Crippen molar-refractivity contribution < 1.29 is 95.2 Å². The molecule has 3 fully saturated rings. The Kier molecular flexibility index (Phi) is 28.4. The van der Waals surface area contributed by atoms with E-state index in [9.17, 15) is 48.4 Å². The fourth-order valence-electron chi connectivity index (χ4n) is 15.7. The maximum atomic E-state index is 16.0. The minimum atomic E-state index is -4.55. The van der Waals surface area contributed by atoms with Gasteiger partial charge >= 0.3 is 37.7 Å². The molecule has 0 radical (unpaired) electrons. The zero-order valence-corrected chi connectivity index (χ0v) is 62.6. The van der Waals surface area contributed by atoms with Crippen molar-refractivity contribution >= 4 is 61.0 Å². The van der Waals surface area contributed by atoms with Crippen molar-refractivity contribution in [2.45, 2.75) is 237 Å². The lowest BCUT2D eigenvalue weighted by Crippen LogP contribution is -2.78. The van der Waals surface area contributed by atoms with Gasteiger partial charge < -0.3 is 53.9 Å². The number of Topliss-reactive ketones (excluding diaryl/α,β-unsaturated/α-hetero) is 1. The van der Waals surface area contributed by atoms with Gasteiger partial charge in [0.1, 0.15) is 49.0 Å². The molecule has 4 aliphatic rings. The predicted molar refractivity (Wildman–Crippen MR) is 386 cm³/mol. The number of hydrogen-bond donors (Lipinski definition) is 5. The molecule has 23 heteroatoms. The summed E-state index contributed by atoms with van der Waals surface area (Å²) < 4.78 is 56.8. The van der Waals surface area contributed by atoms with Gasteiger partial charge in [0.25, 0.3) is 5.91 Å². The van der Waals surface area contributed by atoms with E-state index in [4.69, 9.17) is 32.7 Å². The molecular weight excluding hydrogens is 1340 g/mol. The fraction of sp³-hybridized carbons (Fsp3) is 0.575. The Balaban J connectivity index is 1.08. The van der Waals surface area contributed by atoms with E-state index >= 15 is 9.59 Å². The van der Waals surface area contributed by atoms with Crippen LogP contribution in [-0.4, -0.2) is 143 Å². The number of nitrogens with zero attached hydrogens (tertiary/aromatic N) is 1. The van der Waals surface area contributed by atoms with Crippen LogP contribution >= 0.6 is 7.82 Å². The highest BCUT2D eigenvalue weighted by molar-refractivity contribution is 7.47. The number of nitrogens with one attached hydrogen (secondary N) is 2. The third kappa shape index (κ3) is 20.3. The number of amides is 2. The van der Waals surface area contributed by atoms with E-state index in [0.717, 1.165) is 32.6 Å². The summed E-state index contributed by atoms with van der Waals surface area (Å²) in [5.41, 5.74) is -6.83. The zero-order chi connectivity index (χ0) is 74.9. The van der Waals surface area contributed by atoms with Crippen molar-refractivity contribution in [3.63, 3.8) is 0 Å². The van der Waals surface area contributed by atoms with Crippen LogP contribution in [-0.2, 0) is 66.1 Å². The average Bonchev–Trinajstić information content (AvgIpc) is 0.669. The first-order chi connectivity index (χ1) is 48.8. The number of rotatable bonds is 37. The van der Waals surface area contributed by atoms with Crippen LogP contribution < -0.4 is 10.6 Å². The standard InChI is InChI=1S/C80H108N3O19P/c1-11-12-13-14-15-16-17-18-19-20-21-22-23-24-34-41-62(102-103(94,95)96-49-48-83(8,9)10)56-42-44-61(45-43-56)81-65(87)51-66(88)99-70(68(57-35-28-25-29-36-57)82-74(90)58-37-30-26-31-38-58)76(92)98-63-52-80(93)73(100-75(91)59-39-32-27-33-40-59)71-78(7,64(86)50-60-46-47-79(60,71)101-55(4)85)72(89)69(97-54(3)84)67(53(63)2)77(80,5)6/h25-33,35-40,42-45,60,62-64,68-71,73,86,93H,11-24,34,41,46-52H2,1-10H3,(H2-,81,82,87,90,94,95)/p+1/t60-,62?,63+,64+,68+,69-,70-,71+,73+,78-,79+,80-/m1/s1. The van der Waals surface area contributed by atoms with Crippen LogP contribution in [0, 0.1) is 22.7 Å². The first-order valence-corrected chi connectivity index (χ1v) is 38.3. The Morgan fingerprint density at radius 3 is 1.79 bits per heavy atom. The Morgan fingerprint density at radius 1 is 0.699 bits per heavy atom. The van der Waals surface area contributed by atoms with E-state index in [1.165, 1.54) is 109 Å². The molecule has 4 aromatic carbocycles. The summed E-state index contributed by atoms with van der Waals surface area (Å²) in [6.45, 7) is 10.9. The molecule has 2 unspecified atom stereocenters. The molecule has 0 aromatic heterocycles. The van der Waals surface area contributed by atoms with Crippen LogP contribution in [0.15, 0.2) is 126 Å². The average molecular weight is 1450 g/mol. The SMILES string of the molecule is CCCCCCCCCCCCCCCCCC(OP(=O)(O)OCC[N+](C)(C)C)c1ccc(NC(=O)CC(=O)O[C@@H](C(=O)O[C@H]2C[C@@]3(O)[C@@H](OC(=O)c4ccccc4)[C@@H]4[C@]5(OC(C)=O)CC[C@@H]5C[C@H](O)[C@@]4(C)C(=O)[C@H](OC(C)=O)C(=C2C)C3(C)C)[C@@H](NC(=O)c2ccccc2)c2ccccc2)cc1.